The number of fused-ring (bicyclic) bond motifs is 2. The number of amides is 1. The van der Waals surface area contributed by atoms with E-state index in [2.05, 4.69) is 31.1 Å². The number of methoxy groups -OCH3 is 2. The average molecular weight is 650 g/mol. The molecule has 2 aliphatic rings. The first-order valence-electron chi connectivity index (χ1n) is 16.7. The SMILES string of the molecule is COc1ccc2nccc([C@@H](O)CN3CCC(NC(=O)C(c4cc5ccccc5o4)N4CCN(c5ccccc5OC)CC4)CC3)c2c1. The summed E-state index contributed by atoms with van der Waals surface area (Å²) in [6.45, 7) is 5.02. The molecule has 5 aromatic rings. The maximum atomic E-state index is 14.1. The Labute approximate surface area is 280 Å². The standard InChI is InChI=1S/C38H43N5O5/c1-46-28-11-12-31-30(24-28)29(13-16-39-31)33(44)25-41-17-14-27(15-18-41)40-38(45)37(36-23-26-7-3-5-9-34(26)48-36)43-21-19-42(20-22-43)32-8-4-6-10-35(32)47-2/h3-13,16,23-24,27,33,37,44H,14-15,17-22,25H2,1-2H3,(H,40,45)/t33-,37?/m0/s1. The zero-order valence-corrected chi connectivity index (χ0v) is 27.5. The van der Waals surface area contributed by atoms with E-state index < -0.39 is 12.1 Å². The number of aliphatic hydroxyl groups is 1. The van der Waals surface area contributed by atoms with Gasteiger partial charge in [-0.25, -0.2) is 0 Å². The second-order valence-electron chi connectivity index (χ2n) is 12.7. The van der Waals surface area contributed by atoms with Crippen LogP contribution in [0.4, 0.5) is 5.69 Å². The minimum absolute atomic E-state index is 0.0320. The van der Waals surface area contributed by atoms with E-state index in [0.29, 0.717) is 25.4 Å². The zero-order valence-electron chi connectivity index (χ0n) is 27.5. The van der Waals surface area contributed by atoms with E-state index in [1.807, 2.05) is 72.8 Å². The van der Waals surface area contributed by atoms with Gasteiger partial charge in [-0.2, -0.15) is 0 Å². The minimum atomic E-state index is -0.666. The van der Waals surface area contributed by atoms with E-state index in [1.165, 1.54) is 0 Å². The van der Waals surface area contributed by atoms with E-state index in [4.69, 9.17) is 13.9 Å². The number of piperazine rings is 1. The molecule has 10 nitrogen and oxygen atoms in total. The second kappa shape index (κ2) is 14.2. The van der Waals surface area contributed by atoms with Gasteiger partial charge >= 0.3 is 0 Å². The molecule has 2 saturated heterocycles. The van der Waals surface area contributed by atoms with E-state index >= 15 is 0 Å². The Kier molecular flexibility index (Phi) is 9.47. The monoisotopic (exact) mass is 649 g/mol. The van der Waals surface area contributed by atoms with Crippen LogP contribution in [-0.4, -0.2) is 91.9 Å². The summed E-state index contributed by atoms with van der Waals surface area (Å²) < 4.78 is 17.3. The van der Waals surface area contributed by atoms with Gasteiger partial charge in [0.05, 0.1) is 31.5 Å². The van der Waals surface area contributed by atoms with Crippen LogP contribution in [0.1, 0.15) is 36.3 Å². The summed E-state index contributed by atoms with van der Waals surface area (Å²) in [5.41, 5.74) is 3.52. The lowest BCUT2D eigenvalue weighted by Gasteiger charge is -2.40. The number of nitrogens with one attached hydrogen (secondary N) is 1. The van der Waals surface area contributed by atoms with Crippen molar-refractivity contribution in [2.75, 3.05) is 64.9 Å². The van der Waals surface area contributed by atoms with Crippen LogP contribution in [-0.2, 0) is 4.79 Å². The molecule has 1 amide bonds. The third-order valence-electron chi connectivity index (χ3n) is 9.77. The van der Waals surface area contributed by atoms with E-state index in [1.54, 1.807) is 20.4 Å². The molecule has 0 aliphatic carbocycles. The molecule has 7 rings (SSSR count). The number of furan rings is 1. The van der Waals surface area contributed by atoms with Gasteiger partial charge in [-0.05, 0) is 66.9 Å². The Hall–Kier alpha value is -4.64. The fourth-order valence-electron chi connectivity index (χ4n) is 7.17. The predicted octanol–water partition coefficient (Wildman–Crippen LogP) is 5.18. The van der Waals surface area contributed by atoms with Crippen molar-refractivity contribution in [1.82, 2.24) is 20.1 Å². The topological polar surface area (TPSA) is 104 Å². The van der Waals surface area contributed by atoms with Crippen molar-refractivity contribution in [3.8, 4) is 11.5 Å². The molecule has 2 aliphatic heterocycles. The first-order valence-corrected chi connectivity index (χ1v) is 16.7. The predicted molar refractivity (Wildman–Crippen MR) is 187 cm³/mol. The number of rotatable bonds is 10. The minimum Gasteiger partial charge on any atom is -0.497 e. The number of hydrogen-bond acceptors (Lipinski definition) is 9. The normalized spacial score (nSPS) is 17.8. The molecule has 250 valence electrons. The number of β-amino-alcohol motifs (C(OH)–C–C–N with tert-alkyl or cyclic N) is 1. The Bertz CT molecular complexity index is 1830. The molecule has 1 unspecified atom stereocenters. The van der Waals surface area contributed by atoms with Crippen LogP contribution in [0.3, 0.4) is 0 Å². The van der Waals surface area contributed by atoms with Gasteiger partial charge in [0.25, 0.3) is 0 Å². The van der Waals surface area contributed by atoms with Crippen LogP contribution >= 0.6 is 0 Å². The summed E-state index contributed by atoms with van der Waals surface area (Å²) in [6.07, 6.45) is 2.68. The van der Waals surface area contributed by atoms with Gasteiger partial charge < -0.3 is 34.1 Å². The fraction of sp³-hybridized carbons (Fsp3) is 0.368. The molecule has 48 heavy (non-hydrogen) atoms. The Morgan fingerprint density at radius 3 is 2.48 bits per heavy atom. The zero-order chi connectivity index (χ0) is 33.0. The fourth-order valence-corrected chi connectivity index (χ4v) is 7.17. The molecule has 2 fully saturated rings. The first-order chi connectivity index (χ1) is 23.5. The number of likely N-dealkylation sites (tertiary alicyclic amines) is 1. The third-order valence-corrected chi connectivity index (χ3v) is 9.77. The van der Waals surface area contributed by atoms with Crippen LogP contribution in [0.15, 0.2) is 89.5 Å². The maximum Gasteiger partial charge on any atom is 0.245 e. The molecular formula is C38H43N5O5. The number of carbonyl (C=O) groups is 1. The highest BCUT2D eigenvalue weighted by Gasteiger charge is 2.35. The van der Waals surface area contributed by atoms with Crippen LogP contribution in [0.2, 0.25) is 0 Å². The van der Waals surface area contributed by atoms with Gasteiger partial charge in [0.2, 0.25) is 5.91 Å². The van der Waals surface area contributed by atoms with E-state index in [0.717, 1.165) is 83.6 Å². The van der Waals surface area contributed by atoms with Crippen LogP contribution in [0.5, 0.6) is 11.5 Å². The Morgan fingerprint density at radius 2 is 1.71 bits per heavy atom. The van der Waals surface area contributed by atoms with Crippen LogP contribution in [0.25, 0.3) is 21.9 Å². The number of ether oxygens (including phenoxy) is 2. The van der Waals surface area contributed by atoms with Crippen molar-refractivity contribution in [3.63, 3.8) is 0 Å². The smallest absolute Gasteiger partial charge is 0.245 e. The van der Waals surface area contributed by atoms with Gasteiger partial charge in [-0.1, -0.05) is 30.3 Å². The summed E-state index contributed by atoms with van der Waals surface area (Å²) in [4.78, 5) is 25.4. The number of para-hydroxylation sites is 3. The highest BCUT2D eigenvalue weighted by molar-refractivity contribution is 5.86. The molecule has 0 spiro atoms. The first kappa shape index (κ1) is 31.9. The average Bonchev–Trinajstić information content (AvgIpc) is 3.56. The number of nitrogens with zero attached hydrogens (tertiary/aromatic N) is 4. The second-order valence-corrected chi connectivity index (χ2v) is 12.7. The third kappa shape index (κ3) is 6.69. The van der Waals surface area contributed by atoms with Crippen molar-refractivity contribution in [1.29, 1.82) is 0 Å². The van der Waals surface area contributed by atoms with Crippen LogP contribution in [0, 0.1) is 0 Å². The highest BCUT2D eigenvalue weighted by atomic mass is 16.5. The Morgan fingerprint density at radius 1 is 0.938 bits per heavy atom. The molecule has 2 aromatic heterocycles. The summed E-state index contributed by atoms with van der Waals surface area (Å²) in [6, 6.07) is 25.1. The largest absolute Gasteiger partial charge is 0.497 e. The van der Waals surface area contributed by atoms with Gasteiger partial charge in [0, 0.05) is 68.8 Å². The van der Waals surface area contributed by atoms with Crippen molar-refractivity contribution in [2.45, 2.75) is 31.0 Å². The number of anilines is 1. The molecule has 3 aromatic carbocycles. The molecule has 2 N–H and O–H groups in total. The maximum absolute atomic E-state index is 14.1. The van der Waals surface area contributed by atoms with Crippen molar-refractivity contribution in [2.24, 2.45) is 0 Å². The summed E-state index contributed by atoms with van der Waals surface area (Å²) >= 11 is 0. The van der Waals surface area contributed by atoms with Gasteiger partial charge in [0.15, 0.2) is 0 Å². The number of pyridine rings is 1. The number of benzene rings is 3. The number of hydrogen-bond donors (Lipinski definition) is 2. The van der Waals surface area contributed by atoms with Crippen molar-refractivity contribution < 1.29 is 23.8 Å². The number of aromatic nitrogens is 1. The molecule has 0 radical (unpaired) electrons. The van der Waals surface area contributed by atoms with Gasteiger partial charge in [-0.3, -0.25) is 14.7 Å². The number of piperidine rings is 1. The molecular weight excluding hydrogens is 606 g/mol. The number of carbonyl (C=O) groups excluding carboxylic acids is 1. The molecule has 0 saturated carbocycles. The lowest BCUT2D eigenvalue weighted by atomic mass is 10.0. The molecule has 0 bridgehead atoms. The van der Waals surface area contributed by atoms with Gasteiger partial charge in [0.1, 0.15) is 28.9 Å². The lowest BCUT2D eigenvalue weighted by Crippen LogP contribution is -2.53. The van der Waals surface area contributed by atoms with Gasteiger partial charge in [-0.15, -0.1) is 0 Å². The summed E-state index contributed by atoms with van der Waals surface area (Å²) in [7, 11) is 3.34. The van der Waals surface area contributed by atoms with Crippen LogP contribution < -0.4 is 19.7 Å². The molecule has 10 heteroatoms. The number of aliphatic hydroxyl groups excluding tert-OH is 1. The van der Waals surface area contributed by atoms with Crippen molar-refractivity contribution >= 4 is 33.5 Å². The summed E-state index contributed by atoms with van der Waals surface area (Å²) in [5.74, 6) is 2.22. The highest BCUT2D eigenvalue weighted by Crippen LogP contribution is 2.33. The van der Waals surface area contributed by atoms with Crippen molar-refractivity contribution in [3.05, 3.63) is 96.4 Å². The quantitative estimate of drug-likeness (QED) is 0.212. The molecule has 4 heterocycles. The Balaban J connectivity index is 1.01. The lowest BCUT2D eigenvalue weighted by molar-refractivity contribution is -0.128. The summed E-state index contributed by atoms with van der Waals surface area (Å²) in [5, 5.41) is 16.5. The van der Waals surface area contributed by atoms with E-state index in [-0.39, 0.29) is 11.9 Å². The van der Waals surface area contributed by atoms with E-state index in [9.17, 15) is 9.90 Å². The molecule has 2 atom stereocenters.